The molecule has 0 aliphatic carbocycles. The van der Waals surface area contributed by atoms with Gasteiger partial charge in [-0.25, -0.2) is 4.98 Å². The van der Waals surface area contributed by atoms with E-state index < -0.39 is 0 Å². The maximum atomic E-state index is 4.60. The van der Waals surface area contributed by atoms with E-state index in [-0.39, 0.29) is 0 Å². The zero-order valence-corrected chi connectivity index (χ0v) is 8.25. The van der Waals surface area contributed by atoms with Crippen molar-refractivity contribution in [2.45, 2.75) is 19.9 Å². The fraction of sp³-hybridized carbons (Fsp3) is 0.364. The molecule has 0 amide bonds. The highest BCUT2D eigenvalue weighted by Gasteiger charge is 2.14. The van der Waals surface area contributed by atoms with Crippen molar-refractivity contribution < 1.29 is 0 Å². The van der Waals surface area contributed by atoms with Gasteiger partial charge >= 0.3 is 0 Å². The van der Waals surface area contributed by atoms with Crippen molar-refractivity contribution in [1.82, 2.24) is 9.55 Å². The van der Waals surface area contributed by atoms with Gasteiger partial charge in [0.1, 0.15) is 0 Å². The fourth-order valence-corrected chi connectivity index (χ4v) is 2.09. The molecule has 3 nitrogen and oxygen atoms in total. The van der Waals surface area contributed by atoms with Gasteiger partial charge in [0.2, 0.25) is 5.95 Å². The molecule has 0 fully saturated rings. The zero-order chi connectivity index (χ0) is 9.54. The average molecular weight is 187 g/mol. The summed E-state index contributed by atoms with van der Waals surface area (Å²) in [5, 5.41) is 3.33. The summed E-state index contributed by atoms with van der Waals surface area (Å²) in [6.45, 7) is 4.24. The summed E-state index contributed by atoms with van der Waals surface area (Å²) in [6.07, 6.45) is 1.19. The van der Waals surface area contributed by atoms with Gasteiger partial charge < -0.3 is 9.88 Å². The lowest BCUT2D eigenvalue weighted by atomic mass is 10.2. The number of aryl methyl sites for hydroxylation is 2. The lowest BCUT2D eigenvalue weighted by Gasteiger charge is -2.15. The van der Waals surface area contributed by atoms with Crippen molar-refractivity contribution in [3.63, 3.8) is 0 Å². The van der Waals surface area contributed by atoms with E-state index in [4.69, 9.17) is 0 Å². The maximum Gasteiger partial charge on any atom is 0.203 e. The highest BCUT2D eigenvalue weighted by Crippen LogP contribution is 2.24. The number of para-hydroxylation sites is 1. The van der Waals surface area contributed by atoms with Crippen molar-refractivity contribution >= 4 is 17.0 Å². The predicted octanol–water partition coefficient (Wildman–Crippen LogP) is 2.16. The second-order valence-electron chi connectivity index (χ2n) is 3.81. The van der Waals surface area contributed by atoms with E-state index in [0.29, 0.717) is 0 Å². The summed E-state index contributed by atoms with van der Waals surface area (Å²) in [5.41, 5.74) is 3.65. The largest absolute Gasteiger partial charge is 0.356 e. The molecule has 3 heteroatoms. The number of anilines is 1. The van der Waals surface area contributed by atoms with Crippen LogP contribution in [0.2, 0.25) is 0 Å². The Morgan fingerprint density at radius 1 is 1.43 bits per heavy atom. The van der Waals surface area contributed by atoms with Gasteiger partial charge in [-0.2, -0.15) is 0 Å². The molecule has 0 bridgehead atoms. The first kappa shape index (κ1) is 7.85. The summed E-state index contributed by atoms with van der Waals surface area (Å²) in [5.74, 6) is 1.03. The van der Waals surface area contributed by atoms with E-state index in [1.54, 1.807) is 0 Å². The van der Waals surface area contributed by atoms with Crippen LogP contribution in [0.1, 0.15) is 12.0 Å². The molecule has 0 radical (unpaired) electrons. The molecule has 1 aromatic carbocycles. The zero-order valence-electron chi connectivity index (χ0n) is 8.25. The summed E-state index contributed by atoms with van der Waals surface area (Å²) in [7, 11) is 0. The van der Waals surface area contributed by atoms with E-state index in [1.165, 1.54) is 17.5 Å². The number of fused-ring (bicyclic) bond motifs is 3. The lowest BCUT2D eigenvalue weighted by molar-refractivity contribution is 0.642. The smallest absolute Gasteiger partial charge is 0.203 e. The number of nitrogens with one attached hydrogen (secondary N) is 1. The number of hydrogen-bond acceptors (Lipinski definition) is 2. The quantitative estimate of drug-likeness (QED) is 0.685. The Hall–Kier alpha value is -1.51. The highest BCUT2D eigenvalue weighted by molar-refractivity contribution is 5.82. The Bertz CT molecular complexity index is 484. The Labute approximate surface area is 82.8 Å². The summed E-state index contributed by atoms with van der Waals surface area (Å²) < 4.78 is 2.27. The summed E-state index contributed by atoms with van der Waals surface area (Å²) in [4.78, 5) is 4.60. The van der Waals surface area contributed by atoms with Crippen LogP contribution in [0.3, 0.4) is 0 Å². The summed E-state index contributed by atoms with van der Waals surface area (Å²) >= 11 is 0. The first-order valence-electron chi connectivity index (χ1n) is 5.06. The molecule has 0 saturated carbocycles. The molecule has 0 saturated heterocycles. The monoisotopic (exact) mass is 187 g/mol. The first-order chi connectivity index (χ1) is 6.86. The topological polar surface area (TPSA) is 29.9 Å². The number of benzene rings is 1. The minimum Gasteiger partial charge on any atom is -0.356 e. The van der Waals surface area contributed by atoms with Crippen LogP contribution in [0.5, 0.6) is 0 Å². The molecular formula is C11H13N3. The normalized spacial score (nSPS) is 15.2. The molecule has 3 rings (SSSR count). The predicted molar refractivity (Wildman–Crippen MR) is 57.6 cm³/mol. The average Bonchev–Trinajstić information content (AvgIpc) is 2.59. The van der Waals surface area contributed by atoms with Crippen LogP contribution in [-0.2, 0) is 6.54 Å². The van der Waals surface area contributed by atoms with Crippen LogP contribution in [0, 0.1) is 6.92 Å². The molecule has 1 N–H and O–H groups in total. The van der Waals surface area contributed by atoms with E-state index in [2.05, 4.69) is 40.0 Å². The van der Waals surface area contributed by atoms with Gasteiger partial charge in [-0.05, 0) is 25.0 Å². The molecule has 0 atom stereocenters. The van der Waals surface area contributed by atoms with Gasteiger partial charge in [0.15, 0.2) is 0 Å². The minimum absolute atomic E-state index is 1.03. The Balaban J connectivity index is 2.36. The number of nitrogens with zero attached hydrogens (tertiary/aromatic N) is 2. The van der Waals surface area contributed by atoms with Gasteiger partial charge in [-0.3, -0.25) is 0 Å². The molecule has 1 aromatic heterocycles. The lowest BCUT2D eigenvalue weighted by Crippen LogP contribution is -2.16. The van der Waals surface area contributed by atoms with Crippen LogP contribution in [0.15, 0.2) is 18.2 Å². The molecule has 1 aliphatic rings. The molecular weight excluding hydrogens is 174 g/mol. The standard InChI is InChI=1S/C11H13N3/c1-8-4-2-5-9-10(8)13-11-12-6-3-7-14(9)11/h2,4-5H,3,6-7H2,1H3,(H,12,13). The van der Waals surface area contributed by atoms with E-state index in [1.807, 2.05) is 0 Å². The van der Waals surface area contributed by atoms with Crippen molar-refractivity contribution in [2.24, 2.45) is 0 Å². The van der Waals surface area contributed by atoms with Gasteiger partial charge in [0.05, 0.1) is 11.0 Å². The molecule has 0 spiro atoms. The minimum atomic E-state index is 1.03. The maximum absolute atomic E-state index is 4.60. The Kier molecular flexibility index (Phi) is 1.54. The van der Waals surface area contributed by atoms with Gasteiger partial charge in [0, 0.05) is 13.1 Å². The van der Waals surface area contributed by atoms with Gasteiger partial charge in [0.25, 0.3) is 0 Å². The van der Waals surface area contributed by atoms with Crippen LogP contribution in [-0.4, -0.2) is 16.1 Å². The van der Waals surface area contributed by atoms with Crippen LogP contribution < -0.4 is 5.32 Å². The third-order valence-electron chi connectivity index (χ3n) is 2.82. The fourth-order valence-electron chi connectivity index (χ4n) is 2.09. The van der Waals surface area contributed by atoms with Crippen molar-refractivity contribution in [2.75, 3.05) is 11.9 Å². The third kappa shape index (κ3) is 0.953. The number of imidazole rings is 1. The molecule has 14 heavy (non-hydrogen) atoms. The Morgan fingerprint density at radius 2 is 2.36 bits per heavy atom. The van der Waals surface area contributed by atoms with E-state index >= 15 is 0 Å². The third-order valence-corrected chi connectivity index (χ3v) is 2.82. The SMILES string of the molecule is Cc1cccc2c1nc1n2CCCN1. The number of aromatic nitrogens is 2. The second-order valence-corrected chi connectivity index (χ2v) is 3.81. The van der Waals surface area contributed by atoms with Gasteiger partial charge in [-0.15, -0.1) is 0 Å². The summed E-state index contributed by atoms with van der Waals surface area (Å²) in [6, 6.07) is 6.36. The second kappa shape index (κ2) is 2.74. The van der Waals surface area contributed by atoms with E-state index in [0.717, 1.165) is 24.6 Å². The van der Waals surface area contributed by atoms with E-state index in [9.17, 15) is 0 Å². The number of hydrogen-bond donors (Lipinski definition) is 1. The van der Waals surface area contributed by atoms with Crippen molar-refractivity contribution in [3.05, 3.63) is 23.8 Å². The van der Waals surface area contributed by atoms with Crippen LogP contribution in [0.25, 0.3) is 11.0 Å². The molecule has 2 aromatic rings. The van der Waals surface area contributed by atoms with Crippen molar-refractivity contribution in [3.8, 4) is 0 Å². The van der Waals surface area contributed by atoms with Crippen LogP contribution >= 0.6 is 0 Å². The molecule has 72 valence electrons. The van der Waals surface area contributed by atoms with Crippen molar-refractivity contribution in [1.29, 1.82) is 0 Å². The number of rotatable bonds is 0. The van der Waals surface area contributed by atoms with Crippen LogP contribution in [0.4, 0.5) is 5.95 Å². The Morgan fingerprint density at radius 3 is 3.29 bits per heavy atom. The highest BCUT2D eigenvalue weighted by atomic mass is 15.2. The first-order valence-corrected chi connectivity index (χ1v) is 5.06. The molecule has 0 unspecified atom stereocenters. The van der Waals surface area contributed by atoms with Gasteiger partial charge in [-0.1, -0.05) is 12.1 Å². The molecule has 2 heterocycles. The molecule has 1 aliphatic heterocycles.